The van der Waals surface area contributed by atoms with Crippen LogP contribution in [-0.4, -0.2) is 25.2 Å². The molecule has 2 aromatic rings. The van der Waals surface area contributed by atoms with Crippen molar-refractivity contribution in [3.63, 3.8) is 0 Å². The lowest BCUT2D eigenvalue weighted by Gasteiger charge is -2.04. The maximum absolute atomic E-state index is 12.1. The number of hydrogen-bond acceptors (Lipinski definition) is 4. The molecule has 2 N–H and O–H groups in total. The average Bonchev–Trinajstić information content (AvgIpc) is 2.83. The summed E-state index contributed by atoms with van der Waals surface area (Å²) in [5.41, 5.74) is 6.05. The van der Waals surface area contributed by atoms with Crippen LogP contribution in [0, 0.1) is 6.92 Å². The first kappa shape index (κ1) is 10.4. The van der Waals surface area contributed by atoms with Gasteiger partial charge in [0.1, 0.15) is 17.3 Å². The monoisotopic (exact) mass is 219 g/mol. The van der Waals surface area contributed by atoms with Crippen LogP contribution in [0.3, 0.4) is 0 Å². The largest absolute Gasteiger partial charge is 0.382 e. The molecule has 84 valence electrons. The number of imidazole rings is 1. The van der Waals surface area contributed by atoms with Crippen molar-refractivity contribution in [1.82, 2.24) is 19.3 Å². The molecule has 0 spiro atoms. The van der Waals surface area contributed by atoms with E-state index < -0.39 is 0 Å². The molecule has 0 saturated carbocycles. The fraction of sp³-hybridized carbons (Fsp3) is 0.300. The number of carbonyl (C=O) groups excluding carboxylic acids is 1. The Hall–Kier alpha value is -2.11. The first-order valence-electron chi connectivity index (χ1n) is 5.01. The summed E-state index contributed by atoms with van der Waals surface area (Å²) in [5.74, 6) is 0.830. The van der Waals surface area contributed by atoms with Crippen LogP contribution in [0.15, 0.2) is 18.5 Å². The second-order valence-corrected chi connectivity index (χ2v) is 3.42. The van der Waals surface area contributed by atoms with Crippen molar-refractivity contribution >= 4 is 11.7 Å². The van der Waals surface area contributed by atoms with Crippen molar-refractivity contribution in [3.05, 3.63) is 30.0 Å². The second-order valence-electron chi connectivity index (χ2n) is 3.42. The van der Waals surface area contributed by atoms with Crippen molar-refractivity contribution < 1.29 is 4.79 Å². The Morgan fingerprint density at radius 2 is 2.31 bits per heavy atom. The molecule has 6 heteroatoms. The molecule has 0 fully saturated rings. The molecule has 0 radical (unpaired) electrons. The number of aryl methyl sites for hydroxylation is 2. The van der Waals surface area contributed by atoms with E-state index in [0.29, 0.717) is 23.9 Å². The van der Waals surface area contributed by atoms with E-state index >= 15 is 0 Å². The van der Waals surface area contributed by atoms with Crippen molar-refractivity contribution in [2.75, 3.05) is 5.73 Å². The number of aromatic nitrogens is 4. The SMILES string of the molecule is CCn1nc(N)cc1C(=O)n1ccnc1C. The van der Waals surface area contributed by atoms with E-state index in [1.807, 2.05) is 6.92 Å². The third-order valence-electron chi connectivity index (χ3n) is 2.36. The van der Waals surface area contributed by atoms with Gasteiger partial charge in [-0.25, -0.2) is 4.98 Å². The van der Waals surface area contributed by atoms with Crippen molar-refractivity contribution in [2.24, 2.45) is 0 Å². The summed E-state index contributed by atoms with van der Waals surface area (Å²) in [7, 11) is 0. The molecule has 0 amide bonds. The molecule has 2 aromatic heterocycles. The Morgan fingerprint density at radius 3 is 2.88 bits per heavy atom. The molecule has 0 bridgehead atoms. The van der Waals surface area contributed by atoms with E-state index in [4.69, 9.17) is 5.73 Å². The van der Waals surface area contributed by atoms with Crippen LogP contribution < -0.4 is 5.73 Å². The molecule has 0 aliphatic carbocycles. The highest BCUT2D eigenvalue weighted by molar-refractivity contribution is 5.95. The second kappa shape index (κ2) is 3.80. The molecular formula is C10H13N5O. The molecule has 2 heterocycles. The van der Waals surface area contributed by atoms with Gasteiger partial charge < -0.3 is 5.73 Å². The van der Waals surface area contributed by atoms with Crippen molar-refractivity contribution in [1.29, 1.82) is 0 Å². The predicted molar refractivity (Wildman–Crippen MR) is 59.0 cm³/mol. The van der Waals surface area contributed by atoms with Crippen LogP contribution in [-0.2, 0) is 6.54 Å². The van der Waals surface area contributed by atoms with Gasteiger partial charge in [-0.2, -0.15) is 5.10 Å². The van der Waals surface area contributed by atoms with Gasteiger partial charge in [-0.1, -0.05) is 0 Å². The van der Waals surface area contributed by atoms with E-state index in [1.54, 1.807) is 30.1 Å². The number of rotatable bonds is 2. The Labute approximate surface area is 92.7 Å². The van der Waals surface area contributed by atoms with E-state index in [1.165, 1.54) is 4.57 Å². The fourth-order valence-corrected chi connectivity index (χ4v) is 1.57. The van der Waals surface area contributed by atoms with Crippen LogP contribution in [0.1, 0.15) is 23.2 Å². The van der Waals surface area contributed by atoms with Gasteiger partial charge in [0.25, 0.3) is 5.91 Å². The summed E-state index contributed by atoms with van der Waals surface area (Å²) in [6, 6.07) is 1.57. The normalized spacial score (nSPS) is 10.6. The number of anilines is 1. The minimum absolute atomic E-state index is 0.166. The first-order valence-corrected chi connectivity index (χ1v) is 5.01. The molecule has 0 aliphatic heterocycles. The lowest BCUT2D eigenvalue weighted by molar-refractivity contribution is 0.0947. The predicted octanol–water partition coefficient (Wildman–Crippen LogP) is 0.679. The first-order chi connectivity index (χ1) is 7.63. The van der Waals surface area contributed by atoms with E-state index in [9.17, 15) is 4.79 Å². The van der Waals surface area contributed by atoms with Crippen LogP contribution in [0.25, 0.3) is 0 Å². The van der Waals surface area contributed by atoms with Crippen LogP contribution in [0.5, 0.6) is 0 Å². The Balaban J connectivity index is 2.45. The van der Waals surface area contributed by atoms with Crippen molar-refractivity contribution in [2.45, 2.75) is 20.4 Å². The van der Waals surface area contributed by atoms with Gasteiger partial charge in [-0.3, -0.25) is 14.0 Å². The molecule has 0 aliphatic rings. The summed E-state index contributed by atoms with van der Waals surface area (Å²) in [4.78, 5) is 16.1. The molecule has 16 heavy (non-hydrogen) atoms. The number of carbonyl (C=O) groups is 1. The average molecular weight is 219 g/mol. The third-order valence-corrected chi connectivity index (χ3v) is 2.36. The van der Waals surface area contributed by atoms with E-state index in [2.05, 4.69) is 10.1 Å². The maximum Gasteiger partial charge on any atom is 0.281 e. The molecule has 6 nitrogen and oxygen atoms in total. The zero-order chi connectivity index (χ0) is 11.7. The van der Waals surface area contributed by atoms with E-state index in [0.717, 1.165) is 0 Å². The molecular weight excluding hydrogens is 206 g/mol. The lowest BCUT2D eigenvalue weighted by Crippen LogP contribution is -2.17. The summed E-state index contributed by atoms with van der Waals surface area (Å²) in [6.07, 6.45) is 3.21. The minimum Gasteiger partial charge on any atom is -0.382 e. The topological polar surface area (TPSA) is 78.7 Å². The summed E-state index contributed by atoms with van der Waals surface area (Å²) in [5, 5.41) is 4.03. The number of nitrogens with two attached hydrogens (primary N) is 1. The van der Waals surface area contributed by atoms with Crippen molar-refractivity contribution in [3.8, 4) is 0 Å². The van der Waals surface area contributed by atoms with Gasteiger partial charge in [-0.15, -0.1) is 0 Å². The highest BCUT2D eigenvalue weighted by atomic mass is 16.2. The highest BCUT2D eigenvalue weighted by Gasteiger charge is 2.16. The number of nitrogens with zero attached hydrogens (tertiary/aromatic N) is 4. The molecule has 0 unspecified atom stereocenters. The van der Waals surface area contributed by atoms with Crippen LogP contribution in [0.4, 0.5) is 5.82 Å². The van der Waals surface area contributed by atoms with Gasteiger partial charge in [0.2, 0.25) is 0 Å². The standard InChI is InChI=1S/C10H13N5O/c1-3-15-8(6-9(11)13-15)10(16)14-5-4-12-7(14)2/h4-6H,3H2,1-2H3,(H2,11,13). The number of hydrogen-bond donors (Lipinski definition) is 1. The molecule has 2 rings (SSSR count). The van der Waals surface area contributed by atoms with E-state index in [-0.39, 0.29) is 5.91 Å². The summed E-state index contributed by atoms with van der Waals surface area (Å²) >= 11 is 0. The lowest BCUT2D eigenvalue weighted by atomic mass is 10.3. The zero-order valence-corrected chi connectivity index (χ0v) is 9.21. The highest BCUT2D eigenvalue weighted by Crippen LogP contribution is 2.09. The molecule has 0 atom stereocenters. The van der Waals surface area contributed by atoms with Crippen LogP contribution in [0.2, 0.25) is 0 Å². The Bertz CT molecular complexity index is 525. The quantitative estimate of drug-likeness (QED) is 0.805. The smallest absolute Gasteiger partial charge is 0.281 e. The van der Waals surface area contributed by atoms with Gasteiger partial charge >= 0.3 is 0 Å². The summed E-state index contributed by atoms with van der Waals surface area (Å²) in [6.45, 7) is 4.28. The zero-order valence-electron chi connectivity index (χ0n) is 9.21. The van der Waals surface area contributed by atoms with Gasteiger partial charge in [0, 0.05) is 25.0 Å². The molecule has 0 saturated heterocycles. The Kier molecular flexibility index (Phi) is 2.47. The molecule has 0 aromatic carbocycles. The van der Waals surface area contributed by atoms with Gasteiger partial charge in [0.15, 0.2) is 0 Å². The minimum atomic E-state index is -0.166. The Morgan fingerprint density at radius 1 is 1.56 bits per heavy atom. The number of nitrogen functional groups attached to an aromatic ring is 1. The van der Waals surface area contributed by atoms with Crippen LogP contribution >= 0.6 is 0 Å². The van der Waals surface area contributed by atoms with Gasteiger partial charge in [-0.05, 0) is 13.8 Å². The third kappa shape index (κ3) is 1.58. The maximum atomic E-state index is 12.1. The fourth-order valence-electron chi connectivity index (χ4n) is 1.57. The van der Waals surface area contributed by atoms with Gasteiger partial charge in [0.05, 0.1) is 0 Å². The summed E-state index contributed by atoms with van der Waals surface area (Å²) < 4.78 is 3.06.